The molecule has 0 amide bonds. The quantitative estimate of drug-likeness (QED) is 0.623. The minimum atomic E-state index is -0.812. The van der Waals surface area contributed by atoms with Crippen molar-refractivity contribution in [3.05, 3.63) is 51.6 Å². The Morgan fingerprint density at radius 3 is 2.42 bits per heavy atom. The third-order valence-electron chi connectivity index (χ3n) is 2.47. The predicted molar refractivity (Wildman–Crippen MR) is 85.5 cm³/mol. The topological polar surface area (TPSA) is 63.3 Å². The number of rotatable bonds is 4. The number of anilines is 1. The number of carboxylic acids is 1. The first-order chi connectivity index (χ1) is 9.04. The van der Waals surface area contributed by atoms with E-state index < -0.39 is 5.97 Å². The molecule has 0 aliphatic carbocycles. The molecule has 0 atom stereocenters. The zero-order chi connectivity index (χ0) is 13.8. The van der Waals surface area contributed by atoms with Crippen molar-refractivity contribution in [2.45, 2.75) is 16.2 Å². The zero-order valence-electron chi connectivity index (χ0n) is 9.97. The molecule has 3 nitrogen and oxygen atoms in total. The van der Waals surface area contributed by atoms with Gasteiger partial charge >= 0.3 is 5.97 Å². The molecule has 0 saturated carbocycles. The Bertz CT molecular complexity index is 599. The van der Waals surface area contributed by atoms with E-state index in [9.17, 15) is 4.79 Å². The molecule has 0 spiro atoms. The smallest absolute Gasteiger partial charge is 0.307 e. The van der Waals surface area contributed by atoms with Gasteiger partial charge in [0.1, 0.15) is 0 Å². The van der Waals surface area contributed by atoms with E-state index in [-0.39, 0.29) is 6.42 Å². The lowest BCUT2D eigenvalue weighted by atomic mass is 10.1. The van der Waals surface area contributed by atoms with Gasteiger partial charge in [-0.3, -0.25) is 4.79 Å². The van der Waals surface area contributed by atoms with Gasteiger partial charge in [0.15, 0.2) is 0 Å². The summed E-state index contributed by atoms with van der Waals surface area (Å²) in [6, 6.07) is 13.5. The highest BCUT2D eigenvalue weighted by Gasteiger charge is 2.07. The fraction of sp³-hybridized carbons (Fsp3) is 0.0714. The highest BCUT2D eigenvalue weighted by Crippen LogP contribution is 2.30. The largest absolute Gasteiger partial charge is 0.481 e. The van der Waals surface area contributed by atoms with Crippen molar-refractivity contribution in [2.75, 3.05) is 5.73 Å². The second-order valence-corrected chi connectivity index (χ2v) is 6.30. The van der Waals surface area contributed by atoms with Crippen molar-refractivity contribution in [3.8, 4) is 0 Å². The van der Waals surface area contributed by atoms with Crippen molar-refractivity contribution in [2.24, 2.45) is 0 Å². The second kappa shape index (κ2) is 6.29. The van der Waals surface area contributed by atoms with E-state index >= 15 is 0 Å². The third-order valence-corrected chi connectivity index (χ3v) is 4.52. The highest BCUT2D eigenvalue weighted by atomic mass is 127. The molecule has 5 heteroatoms. The molecule has 0 heterocycles. The number of carbonyl (C=O) groups is 1. The van der Waals surface area contributed by atoms with E-state index in [1.165, 1.54) is 0 Å². The van der Waals surface area contributed by atoms with Crippen LogP contribution in [0.4, 0.5) is 5.69 Å². The van der Waals surface area contributed by atoms with Crippen molar-refractivity contribution < 1.29 is 9.90 Å². The maximum atomic E-state index is 10.8. The van der Waals surface area contributed by atoms with Gasteiger partial charge in [-0.25, -0.2) is 0 Å². The lowest BCUT2D eigenvalue weighted by Crippen LogP contribution is -2.01. The fourth-order valence-corrected chi connectivity index (χ4v) is 2.99. The molecule has 3 N–H and O–H groups in total. The Labute approximate surface area is 129 Å². The van der Waals surface area contributed by atoms with Gasteiger partial charge < -0.3 is 10.8 Å². The standard InChI is InChI=1S/C14H12INO2S/c15-13-6-5-12(7-9(13)8-14(17)18)19-11-3-1-10(16)2-4-11/h1-7H,8,16H2,(H,17,18). The van der Waals surface area contributed by atoms with Crippen molar-refractivity contribution in [1.29, 1.82) is 0 Å². The van der Waals surface area contributed by atoms with Gasteiger partial charge in [-0.1, -0.05) is 11.8 Å². The summed E-state index contributed by atoms with van der Waals surface area (Å²) < 4.78 is 0.974. The lowest BCUT2D eigenvalue weighted by molar-refractivity contribution is -0.136. The molecule has 0 aliphatic heterocycles. The summed E-state index contributed by atoms with van der Waals surface area (Å²) in [7, 11) is 0. The van der Waals surface area contributed by atoms with E-state index in [4.69, 9.17) is 10.8 Å². The number of nitrogen functional groups attached to an aromatic ring is 1. The van der Waals surface area contributed by atoms with E-state index in [1.807, 2.05) is 42.5 Å². The molecule has 2 rings (SSSR count). The SMILES string of the molecule is Nc1ccc(Sc2ccc(I)c(CC(=O)O)c2)cc1. The summed E-state index contributed by atoms with van der Waals surface area (Å²) in [6.45, 7) is 0. The summed E-state index contributed by atoms with van der Waals surface area (Å²) >= 11 is 3.75. The van der Waals surface area contributed by atoms with Gasteiger partial charge in [0.25, 0.3) is 0 Å². The van der Waals surface area contributed by atoms with Gasteiger partial charge in [-0.2, -0.15) is 0 Å². The number of hydrogen-bond acceptors (Lipinski definition) is 3. The summed E-state index contributed by atoms with van der Waals surface area (Å²) in [5.74, 6) is -0.812. The van der Waals surface area contributed by atoms with E-state index in [0.29, 0.717) is 0 Å². The molecule has 2 aromatic carbocycles. The summed E-state index contributed by atoms with van der Waals surface area (Å²) in [5, 5.41) is 8.88. The van der Waals surface area contributed by atoms with E-state index in [1.54, 1.807) is 11.8 Å². The molecule has 98 valence electrons. The Morgan fingerprint density at radius 1 is 1.16 bits per heavy atom. The van der Waals surface area contributed by atoms with Crippen molar-refractivity contribution in [3.63, 3.8) is 0 Å². The first-order valence-corrected chi connectivity index (χ1v) is 7.48. The van der Waals surface area contributed by atoms with E-state index in [2.05, 4.69) is 22.6 Å². The Morgan fingerprint density at radius 2 is 1.79 bits per heavy atom. The molecular formula is C14H12INO2S. The Kier molecular flexibility index (Phi) is 4.71. The fourth-order valence-electron chi connectivity index (χ4n) is 1.58. The first-order valence-electron chi connectivity index (χ1n) is 5.58. The number of aliphatic carboxylic acids is 1. The minimum absolute atomic E-state index is 0.0500. The highest BCUT2D eigenvalue weighted by molar-refractivity contribution is 14.1. The van der Waals surface area contributed by atoms with Crippen LogP contribution < -0.4 is 5.73 Å². The molecule has 0 aromatic heterocycles. The van der Waals surface area contributed by atoms with Crippen LogP contribution in [-0.2, 0) is 11.2 Å². The second-order valence-electron chi connectivity index (χ2n) is 3.99. The normalized spacial score (nSPS) is 10.4. The number of carboxylic acid groups (broad SMARTS) is 1. The molecule has 2 aromatic rings. The van der Waals surface area contributed by atoms with Gasteiger partial charge in [0.05, 0.1) is 6.42 Å². The molecule has 0 unspecified atom stereocenters. The average Bonchev–Trinajstić information content (AvgIpc) is 2.36. The number of hydrogen-bond donors (Lipinski definition) is 2. The molecule has 0 radical (unpaired) electrons. The predicted octanol–water partition coefficient (Wildman–Crippen LogP) is 3.65. The van der Waals surface area contributed by atoms with Crippen LogP contribution in [0.25, 0.3) is 0 Å². The van der Waals surface area contributed by atoms with Crippen LogP contribution in [0.2, 0.25) is 0 Å². The maximum Gasteiger partial charge on any atom is 0.307 e. The van der Waals surface area contributed by atoms with Crippen LogP contribution in [0, 0.1) is 3.57 Å². The molecule has 0 fully saturated rings. The Balaban J connectivity index is 2.21. The molecule has 19 heavy (non-hydrogen) atoms. The number of halogens is 1. The minimum Gasteiger partial charge on any atom is -0.481 e. The van der Waals surface area contributed by atoms with Crippen LogP contribution >= 0.6 is 34.4 Å². The van der Waals surface area contributed by atoms with Gasteiger partial charge in [-0.15, -0.1) is 0 Å². The van der Waals surface area contributed by atoms with Crippen LogP contribution in [0.15, 0.2) is 52.3 Å². The van der Waals surface area contributed by atoms with Gasteiger partial charge in [-0.05, 0) is 70.6 Å². The van der Waals surface area contributed by atoms with Crippen LogP contribution in [0.5, 0.6) is 0 Å². The summed E-state index contributed by atoms with van der Waals surface area (Å²) in [6.07, 6.45) is 0.0500. The Hall–Kier alpha value is -1.21. The summed E-state index contributed by atoms with van der Waals surface area (Å²) in [4.78, 5) is 12.9. The zero-order valence-corrected chi connectivity index (χ0v) is 12.9. The molecule has 0 bridgehead atoms. The summed E-state index contributed by atoms with van der Waals surface area (Å²) in [5.41, 5.74) is 7.22. The molecule has 0 saturated heterocycles. The third kappa shape index (κ3) is 4.14. The van der Waals surface area contributed by atoms with Crippen molar-refractivity contribution in [1.82, 2.24) is 0 Å². The lowest BCUT2D eigenvalue weighted by Gasteiger charge is -2.06. The number of nitrogens with two attached hydrogens (primary N) is 1. The van der Waals surface area contributed by atoms with Gasteiger partial charge in [0.2, 0.25) is 0 Å². The van der Waals surface area contributed by atoms with E-state index in [0.717, 1.165) is 24.6 Å². The molecular weight excluding hydrogens is 373 g/mol. The van der Waals surface area contributed by atoms with Crippen LogP contribution in [0.3, 0.4) is 0 Å². The maximum absolute atomic E-state index is 10.8. The van der Waals surface area contributed by atoms with Gasteiger partial charge in [0, 0.05) is 19.0 Å². The van der Waals surface area contributed by atoms with Crippen LogP contribution in [0.1, 0.15) is 5.56 Å². The monoisotopic (exact) mass is 385 g/mol. The number of benzene rings is 2. The van der Waals surface area contributed by atoms with Crippen molar-refractivity contribution >= 4 is 46.0 Å². The first kappa shape index (κ1) is 14.2. The van der Waals surface area contributed by atoms with Crippen LogP contribution in [-0.4, -0.2) is 11.1 Å². The molecule has 0 aliphatic rings. The average molecular weight is 385 g/mol.